The Bertz CT molecular complexity index is 1160. The summed E-state index contributed by atoms with van der Waals surface area (Å²) in [5.41, 5.74) is 0.587. The highest BCUT2D eigenvalue weighted by Gasteiger charge is 2.16. The number of benzene rings is 1. The van der Waals surface area contributed by atoms with Gasteiger partial charge in [0, 0.05) is 42.3 Å². The van der Waals surface area contributed by atoms with E-state index in [1.54, 1.807) is 33.2 Å². The SMILES string of the molecule is CCCNc1nc(Nc2ccc3cnncc3c2)ncc1C(=O)NCCCNC(=O)OC(C)(C)C. The molecule has 0 fully saturated rings. The molecule has 4 N–H and O–H groups in total. The van der Waals surface area contributed by atoms with Gasteiger partial charge in [0.2, 0.25) is 5.95 Å². The van der Waals surface area contributed by atoms with Crippen molar-refractivity contribution < 1.29 is 14.3 Å². The number of alkyl carbamates (subject to hydrolysis) is 1. The van der Waals surface area contributed by atoms with Gasteiger partial charge in [-0.05, 0) is 45.7 Å². The van der Waals surface area contributed by atoms with Crippen molar-refractivity contribution in [2.24, 2.45) is 0 Å². The molecule has 1 aromatic carbocycles. The van der Waals surface area contributed by atoms with Gasteiger partial charge in [-0.25, -0.2) is 9.78 Å². The summed E-state index contributed by atoms with van der Waals surface area (Å²) in [6.45, 7) is 8.85. The normalized spacial score (nSPS) is 11.1. The summed E-state index contributed by atoms with van der Waals surface area (Å²) in [6.07, 6.45) is 5.82. The standard InChI is InChI=1S/C24H32N8O3/c1-5-9-25-20-19(21(33)26-10-6-11-27-23(34)35-24(2,3)4)15-28-22(32-20)31-18-8-7-16-13-29-30-14-17(16)12-18/h7-8,12-15H,5-6,9-11H2,1-4H3,(H,26,33)(H,27,34)(H2,25,28,31,32). The Balaban J connectivity index is 1.59. The lowest BCUT2D eigenvalue weighted by molar-refractivity contribution is 0.0527. The van der Waals surface area contributed by atoms with Crippen LogP contribution >= 0.6 is 0 Å². The van der Waals surface area contributed by atoms with E-state index in [-0.39, 0.29) is 5.91 Å². The summed E-state index contributed by atoms with van der Waals surface area (Å²) in [4.78, 5) is 33.3. The molecule has 0 unspecified atom stereocenters. The second-order valence-electron chi connectivity index (χ2n) is 8.88. The minimum atomic E-state index is -0.551. The Hall–Kier alpha value is -4.02. The Morgan fingerprint density at radius 3 is 2.46 bits per heavy atom. The topological polar surface area (TPSA) is 143 Å². The maximum Gasteiger partial charge on any atom is 0.407 e. The zero-order valence-corrected chi connectivity index (χ0v) is 20.5. The van der Waals surface area contributed by atoms with E-state index in [0.29, 0.717) is 43.4 Å². The third kappa shape index (κ3) is 8.05. The molecule has 0 saturated carbocycles. The summed E-state index contributed by atoms with van der Waals surface area (Å²) in [7, 11) is 0. The van der Waals surface area contributed by atoms with Crippen LogP contribution in [0.3, 0.4) is 0 Å². The van der Waals surface area contributed by atoms with Crippen LogP contribution in [-0.4, -0.2) is 57.4 Å². The summed E-state index contributed by atoms with van der Waals surface area (Å²) >= 11 is 0. The molecule has 2 aromatic heterocycles. The van der Waals surface area contributed by atoms with Gasteiger partial charge < -0.3 is 26.0 Å². The molecule has 186 valence electrons. The molecular formula is C24H32N8O3. The first kappa shape index (κ1) is 25.6. The number of hydrogen-bond donors (Lipinski definition) is 4. The fourth-order valence-electron chi connectivity index (χ4n) is 3.08. The monoisotopic (exact) mass is 480 g/mol. The van der Waals surface area contributed by atoms with Crippen molar-refractivity contribution in [3.8, 4) is 0 Å². The lowest BCUT2D eigenvalue weighted by atomic mass is 10.2. The fourth-order valence-corrected chi connectivity index (χ4v) is 3.08. The average Bonchev–Trinajstić information content (AvgIpc) is 2.81. The second kappa shape index (κ2) is 11.9. The molecule has 3 rings (SSSR count). The summed E-state index contributed by atoms with van der Waals surface area (Å²) in [5, 5.41) is 21.6. The zero-order chi connectivity index (χ0) is 25.3. The van der Waals surface area contributed by atoms with Crippen molar-refractivity contribution in [2.75, 3.05) is 30.3 Å². The van der Waals surface area contributed by atoms with Gasteiger partial charge in [0.25, 0.3) is 5.91 Å². The van der Waals surface area contributed by atoms with Gasteiger partial charge in [-0.1, -0.05) is 13.0 Å². The largest absolute Gasteiger partial charge is 0.444 e. The number of ether oxygens (including phenoxy) is 1. The van der Waals surface area contributed by atoms with Crippen LogP contribution in [0, 0.1) is 0 Å². The lowest BCUT2D eigenvalue weighted by Gasteiger charge is -2.19. The number of hydrogen-bond acceptors (Lipinski definition) is 9. The van der Waals surface area contributed by atoms with Crippen LogP contribution in [0.15, 0.2) is 36.8 Å². The Morgan fingerprint density at radius 1 is 0.971 bits per heavy atom. The number of rotatable bonds is 10. The predicted octanol–water partition coefficient (Wildman–Crippen LogP) is 3.63. The van der Waals surface area contributed by atoms with E-state index in [0.717, 1.165) is 22.9 Å². The third-order valence-corrected chi connectivity index (χ3v) is 4.69. The van der Waals surface area contributed by atoms with E-state index < -0.39 is 11.7 Å². The first-order valence-corrected chi connectivity index (χ1v) is 11.6. The summed E-state index contributed by atoms with van der Waals surface area (Å²) in [6, 6.07) is 5.76. The molecule has 3 aromatic rings. The fraction of sp³-hybridized carbons (Fsp3) is 0.417. The van der Waals surface area contributed by atoms with Crippen LogP contribution in [-0.2, 0) is 4.74 Å². The highest BCUT2D eigenvalue weighted by molar-refractivity contribution is 5.98. The van der Waals surface area contributed by atoms with E-state index in [9.17, 15) is 9.59 Å². The van der Waals surface area contributed by atoms with Gasteiger partial charge in [-0.15, -0.1) is 0 Å². The highest BCUT2D eigenvalue weighted by atomic mass is 16.6. The van der Waals surface area contributed by atoms with Crippen molar-refractivity contribution in [3.05, 3.63) is 42.4 Å². The van der Waals surface area contributed by atoms with Gasteiger partial charge in [0.15, 0.2) is 0 Å². The van der Waals surface area contributed by atoms with Gasteiger partial charge in [-0.2, -0.15) is 15.2 Å². The smallest absolute Gasteiger partial charge is 0.407 e. The van der Waals surface area contributed by atoms with E-state index in [2.05, 4.69) is 41.4 Å². The first-order valence-electron chi connectivity index (χ1n) is 11.6. The number of carbonyl (C=O) groups excluding carboxylic acids is 2. The lowest BCUT2D eigenvalue weighted by Crippen LogP contribution is -2.34. The van der Waals surface area contributed by atoms with Crippen LogP contribution in [0.4, 0.5) is 22.2 Å². The summed E-state index contributed by atoms with van der Waals surface area (Å²) in [5.74, 6) is 0.514. The Kier molecular flexibility index (Phi) is 8.71. The molecular weight excluding hydrogens is 448 g/mol. The number of fused-ring (bicyclic) bond motifs is 1. The van der Waals surface area contributed by atoms with Gasteiger partial charge in [0.05, 0.1) is 12.4 Å². The highest BCUT2D eigenvalue weighted by Crippen LogP contribution is 2.21. The molecule has 0 bridgehead atoms. The maximum absolute atomic E-state index is 12.8. The molecule has 0 aliphatic heterocycles. The first-order chi connectivity index (χ1) is 16.7. The van der Waals surface area contributed by atoms with Crippen LogP contribution < -0.4 is 21.3 Å². The molecule has 11 heteroatoms. The van der Waals surface area contributed by atoms with Crippen molar-refractivity contribution in [2.45, 2.75) is 46.1 Å². The molecule has 0 atom stereocenters. The molecule has 0 aliphatic rings. The molecule has 11 nitrogen and oxygen atoms in total. The second-order valence-corrected chi connectivity index (χ2v) is 8.88. The van der Waals surface area contributed by atoms with Crippen molar-refractivity contribution in [1.82, 2.24) is 30.8 Å². The van der Waals surface area contributed by atoms with Gasteiger partial charge in [0.1, 0.15) is 17.0 Å². The number of nitrogens with zero attached hydrogens (tertiary/aromatic N) is 4. The molecule has 0 saturated heterocycles. The summed E-state index contributed by atoms with van der Waals surface area (Å²) < 4.78 is 5.19. The number of anilines is 3. The third-order valence-electron chi connectivity index (χ3n) is 4.69. The Labute approximate surface area is 204 Å². The Morgan fingerprint density at radius 2 is 1.71 bits per heavy atom. The number of nitrogens with one attached hydrogen (secondary N) is 4. The number of carbonyl (C=O) groups is 2. The quantitative estimate of drug-likeness (QED) is 0.320. The zero-order valence-electron chi connectivity index (χ0n) is 20.5. The van der Waals surface area contributed by atoms with E-state index in [1.807, 2.05) is 25.1 Å². The van der Waals surface area contributed by atoms with E-state index in [1.165, 1.54) is 6.20 Å². The average molecular weight is 481 g/mol. The molecule has 2 amide bonds. The van der Waals surface area contributed by atoms with Crippen LogP contribution in [0.1, 0.15) is 50.9 Å². The molecule has 2 heterocycles. The van der Waals surface area contributed by atoms with Gasteiger partial charge in [-0.3, -0.25) is 4.79 Å². The maximum atomic E-state index is 12.8. The molecule has 0 radical (unpaired) electrons. The van der Waals surface area contributed by atoms with Crippen molar-refractivity contribution >= 4 is 40.2 Å². The molecule has 35 heavy (non-hydrogen) atoms. The van der Waals surface area contributed by atoms with Crippen LogP contribution in [0.2, 0.25) is 0 Å². The van der Waals surface area contributed by atoms with Crippen molar-refractivity contribution in [1.29, 1.82) is 0 Å². The minimum Gasteiger partial charge on any atom is -0.444 e. The molecule has 0 aliphatic carbocycles. The minimum absolute atomic E-state index is 0.295. The number of amides is 2. The van der Waals surface area contributed by atoms with Crippen LogP contribution in [0.25, 0.3) is 10.8 Å². The van der Waals surface area contributed by atoms with Crippen LogP contribution in [0.5, 0.6) is 0 Å². The van der Waals surface area contributed by atoms with Gasteiger partial charge >= 0.3 is 6.09 Å². The van der Waals surface area contributed by atoms with E-state index >= 15 is 0 Å². The predicted molar refractivity (Wildman–Crippen MR) is 135 cm³/mol. The van der Waals surface area contributed by atoms with Crippen molar-refractivity contribution in [3.63, 3.8) is 0 Å². The van der Waals surface area contributed by atoms with E-state index in [4.69, 9.17) is 4.74 Å². The number of aromatic nitrogens is 4. The molecule has 0 spiro atoms.